The van der Waals surface area contributed by atoms with Gasteiger partial charge in [0.15, 0.2) is 0 Å². The Morgan fingerprint density at radius 2 is 2.12 bits per heavy atom. The Balaban J connectivity index is 2.78. The van der Waals surface area contributed by atoms with E-state index < -0.39 is 5.60 Å². The van der Waals surface area contributed by atoms with Crippen LogP contribution in [0.3, 0.4) is 0 Å². The van der Waals surface area contributed by atoms with Gasteiger partial charge in [0.25, 0.3) is 5.91 Å². The number of rotatable bonds is 3. The fourth-order valence-corrected chi connectivity index (χ4v) is 1.54. The molecule has 0 aliphatic carbocycles. The predicted molar refractivity (Wildman–Crippen MR) is 64.1 cm³/mol. The number of hydrogen-bond acceptors (Lipinski definition) is 3. The van der Waals surface area contributed by atoms with Gasteiger partial charge in [0.05, 0.1) is 5.60 Å². The Hall–Kier alpha value is -1.55. The molecule has 0 aliphatic rings. The first-order valence-corrected chi connectivity index (χ1v) is 5.13. The summed E-state index contributed by atoms with van der Waals surface area (Å²) in [6.45, 7) is 3.60. The van der Waals surface area contributed by atoms with Gasteiger partial charge in [-0.2, -0.15) is 0 Å². The topological polar surface area (TPSA) is 66.6 Å². The molecular formula is C12H18N2O2. The minimum atomic E-state index is -0.898. The summed E-state index contributed by atoms with van der Waals surface area (Å²) in [6, 6.07) is 6.80. The number of amides is 1. The van der Waals surface area contributed by atoms with Gasteiger partial charge < -0.3 is 15.7 Å². The summed E-state index contributed by atoms with van der Waals surface area (Å²) in [5, 5.41) is 9.62. The van der Waals surface area contributed by atoms with Crippen molar-refractivity contribution in [3.63, 3.8) is 0 Å². The predicted octanol–water partition coefficient (Wildman–Crippen LogP) is 1.11. The number of hydrogen-bond donors (Lipinski definition) is 2. The number of nitrogens with two attached hydrogens (primary N) is 1. The van der Waals surface area contributed by atoms with Crippen molar-refractivity contribution in [2.45, 2.75) is 19.4 Å². The summed E-state index contributed by atoms with van der Waals surface area (Å²) in [5.41, 5.74) is 5.80. The maximum atomic E-state index is 11.9. The van der Waals surface area contributed by atoms with Crippen LogP contribution in [0.25, 0.3) is 0 Å². The van der Waals surface area contributed by atoms with E-state index in [1.807, 2.05) is 0 Å². The zero-order valence-electron chi connectivity index (χ0n) is 9.90. The van der Waals surface area contributed by atoms with E-state index in [9.17, 15) is 9.90 Å². The molecular weight excluding hydrogens is 204 g/mol. The molecule has 0 heterocycles. The summed E-state index contributed by atoms with van der Waals surface area (Å²) in [6.07, 6.45) is 0. The molecule has 0 bridgehead atoms. The number of nitrogens with zero attached hydrogens (tertiary/aromatic N) is 1. The molecule has 0 fully saturated rings. The van der Waals surface area contributed by atoms with E-state index >= 15 is 0 Å². The van der Waals surface area contributed by atoms with E-state index in [2.05, 4.69) is 0 Å². The highest BCUT2D eigenvalue weighted by molar-refractivity contribution is 5.94. The average molecular weight is 222 g/mol. The minimum Gasteiger partial charge on any atom is -0.399 e. The van der Waals surface area contributed by atoms with Crippen LogP contribution in [-0.2, 0) is 0 Å². The monoisotopic (exact) mass is 222 g/mol. The average Bonchev–Trinajstić information content (AvgIpc) is 2.14. The van der Waals surface area contributed by atoms with Gasteiger partial charge in [0.2, 0.25) is 0 Å². The number of aliphatic hydroxyl groups is 1. The lowest BCUT2D eigenvalue weighted by molar-refractivity contribution is 0.0368. The van der Waals surface area contributed by atoms with Crippen molar-refractivity contribution in [2.24, 2.45) is 0 Å². The SMILES string of the molecule is CN(CC(C)(C)O)C(=O)c1cccc(N)c1. The normalized spacial score (nSPS) is 11.2. The van der Waals surface area contributed by atoms with Gasteiger partial charge >= 0.3 is 0 Å². The van der Waals surface area contributed by atoms with E-state index in [4.69, 9.17) is 5.73 Å². The Labute approximate surface area is 95.7 Å². The molecule has 1 rings (SSSR count). The first-order valence-electron chi connectivity index (χ1n) is 5.13. The van der Waals surface area contributed by atoms with E-state index in [1.54, 1.807) is 45.2 Å². The largest absolute Gasteiger partial charge is 0.399 e. The lowest BCUT2D eigenvalue weighted by atomic mass is 10.1. The van der Waals surface area contributed by atoms with Crippen LogP contribution in [0.5, 0.6) is 0 Å². The summed E-state index contributed by atoms with van der Waals surface area (Å²) >= 11 is 0. The summed E-state index contributed by atoms with van der Waals surface area (Å²) in [5.74, 6) is -0.144. The van der Waals surface area contributed by atoms with Crippen LogP contribution in [0.2, 0.25) is 0 Å². The van der Waals surface area contributed by atoms with Gasteiger partial charge in [-0.3, -0.25) is 4.79 Å². The number of carbonyl (C=O) groups is 1. The van der Waals surface area contributed by atoms with Crippen LogP contribution in [0.4, 0.5) is 5.69 Å². The van der Waals surface area contributed by atoms with E-state index in [1.165, 1.54) is 4.90 Å². The molecule has 88 valence electrons. The van der Waals surface area contributed by atoms with Gasteiger partial charge in [-0.25, -0.2) is 0 Å². The van der Waals surface area contributed by atoms with Crippen molar-refractivity contribution in [2.75, 3.05) is 19.3 Å². The first-order chi connectivity index (χ1) is 7.29. The van der Waals surface area contributed by atoms with Gasteiger partial charge in [-0.1, -0.05) is 6.07 Å². The van der Waals surface area contributed by atoms with Crippen molar-refractivity contribution in [3.8, 4) is 0 Å². The maximum absolute atomic E-state index is 11.9. The van der Waals surface area contributed by atoms with E-state index in [-0.39, 0.29) is 12.5 Å². The van der Waals surface area contributed by atoms with Crippen LogP contribution in [0.1, 0.15) is 24.2 Å². The summed E-state index contributed by atoms with van der Waals surface area (Å²) < 4.78 is 0. The molecule has 0 radical (unpaired) electrons. The highest BCUT2D eigenvalue weighted by Gasteiger charge is 2.20. The molecule has 4 heteroatoms. The number of likely N-dealkylation sites (N-methyl/N-ethyl adjacent to an activating group) is 1. The molecule has 3 N–H and O–H groups in total. The zero-order chi connectivity index (χ0) is 12.3. The standard InChI is InChI=1S/C12H18N2O2/c1-12(2,16)8-14(3)11(15)9-5-4-6-10(13)7-9/h4-7,16H,8,13H2,1-3H3. The van der Waals surface area contributed by atoms with Gasteiger partial charge in [-0.15, -0.1) is 0 Å². The minimum absolute atomic E-state index is 0.144. The number of benzene rings is 1. The lowest BCUT2D eigenvalue weighted by Crippen LogP contribution is -2.39. The molecule has 16 heavy (non-hydrogen) atoms. The van der Waals surface area contributed by atoms with Gasteiger partial charge in [0, 0.05) is 24.8 Å². The fraction of sp³-hybridized carbons (Fsp3) is 0.417. The van der Waals surface area contributed by atoms with Crippen LogP contribution in [0, 0.1) is 0 Å². The van der Waals surface area contributed by atoms with Crippen molar-refractivity contribution >= 4 is 11.6 Å². The smallest absolute Gasteiger partial charge is 0.253 e. The third-order valence-electron chi connectivity index (χ3n) is 2.10. The first kappa shape index (κ1) is 12.5. The molecule has 0 saturated carbocycles. The van der Waals surface area contributed by atoms with Gasteiger partial charge in [-0.05, 0) is 32.0 Å². The lowest BCUT2D eigenvalue weighted by Gasteiger charge is -2.25. The maximum Gasteiger partial charge on any atom is 0.253 e. The fourth-order valence-electron chi connectivity index (χ4n) is 1.54. The molecule has 1 aromatic rings. The molecule has 1 amide bonds. The number of carbonyl (C=O) groups excluding carboxylic acids is 1. The molecule has 0 saturated heterocycles. The van der Waals surface area contributed by atoms with Crippen molar-refractivity contribution < 1.29 is 9.90 Å². The third-order valence-corrected chi connectivity index (χ3v) is 2.10. The second-order valence-electron chi connectivity index (χ2n) is 4.60. The second kappa shape index (κ2) is 4.53. The summed E-state index contributed by atoms with van der Waals surface area (Å²) in [4.78, 5) is 13.4. The third kappa shape index (κ3) is 3.55. The molecule has 1 aromatic carbocycles. The van der Waals surface area contributed by atoms with Crippen molar-refractivity contribution in [1.29, 1.82) is 0 Å². The highest BCUT2D eigenvalue weighted by Crippen LogP contribution is 2.11. The quantitative estimate of drug-likeness (QED) is 0.753. The second-order valence-corrected chi connectivity index (χ2v) is 4.60. The van der Waals surface area contributed by atoms with Gasteiger partial charge in [0.1, 0.15) is 0 Å². The number of anilines is 1. The Kier molecular flexibility index (Phi) is 3.55. The van der Waals surface area contributed by atoms with Crippen LogP contribution >= 0.6 is 0 Å². The van der Waals surface area contributed by atoms with Crippen molar-refractivity contribution in [3.05, 3.63) is 29.8 Å². The van der Waals surface area contributed by atoms with Crippen LogP contribution in [-0.4, -0.2) is 35.1 Å². The van der Waals surface area contributed by atoms with Crippen LogP contribution < -0.4 is 5.73 Å². The van der Waals surface area contributed by atoms with E-state index in [0.717, 1.165) is 0 Å². The number of nitrogen functional groups attached to an aromatic ring is 1. The highest BCUT2D eigenvalue weighted by atomic mass is 16.3. The molecule has 0 aliphatic heterocycles. The Morgan fingerprint density at radius 1 is 1.50 bits per heavy atom. The van der Waals surface area contributed by atoms with E-state index in [0.29, 0.717) is 11.3 Å². The zero-order valence-corrected chi connectivity index (χ0v) is 9.90. The molecule has 4 nitrogen and oxygen atoms in total. The Morgan fingerprint density at radius 3 is 2.62 bits per heavy atom. The molecule has 0 atom stereocenters. The summed E-state index contributed by atoms with van der Waals surface area (Å²) in [7, 11) is 1.66. The molecule has 0 spiro atoms. The van der Waals surface area contributed by atoms with Crippen LogP contribution in [0.15, 0.2) is 24.3 Å². The molecule has 0 aromatic heterocycles. The van der Waals surface area contributed by atoms with Crippen molar-refractivity contribution in [1.82, 2.24) is 4.90 Å². The Bertz CT molecular complexity index is 383. The molecule has 0 unspecified atom stereocenters.